The molecular weight excluding hydrogens is 450 g/mol. The maximum absolute atomic E-state index is 14.3. The van der Waals surface area contributed by atoms with Crippen molar-refractivity contribution in [2.24, 2.45) is 41.1 Å². The largest absolute Gasteiger partial charge is 0.395 e. The molecule has 0 radical (unpaired) electrons. The minimum absolute atomic E-state index is 0.0205. The number of rotatable bonds is 7. The molecule has 5 rings (SSSR count). The molecule has 0 aromatic carbocycles. The summed E-state index contributed by atoms with van der Waals surface area (Å²) < 4.78 is 0. The molecule has 1 heterocycles. The second kappa shape index (κ2) is 11.7. The lowest BCUT2D eigenvalue weighted by molar-refractivity contribution is -0.141. The van der Waals surface area contributed by atoms with E-state index in [-0.39, 0.29) is 36.6 Å². The number of nitrogens with one attached hydrogen (secondary N) is 1. The highest BCUT2D eigenvalue weighted by molar-refractivity contribution is 5.83. The van der Waals surface area contributed by atoms with Crippen LogP contribution in [-0.4, -0.2) is 70.5 Å². The Morgan fingerprint density at radius 1 is 0.917 bits per heavy atom. The van der Waals surface area contributed by atoms with Crippen LogP contribution in [0.25, 0.3) is 0 Å². The van der Waals surface area contributed by atoms with Crippen molar-refractivity contribution in [1.29, 1.82) is 5.41 Å². The predicted octanol–water partition coefficient (Wildman–Crippen LogP) is 3.48. The van der Waals surface area contributed by atoms with Gasteiger partial charge in [-0.3, -0.25) is 15.1 Å². The average Bonchev–Trinajstić information content (AvgIpc) is 3.25. The number of hydrogen-bond donors (Lipinski definition) is 4. The Labute approximate surface area is 218 Å². The third-order valence-electron chi connectivity index (χ3n) is 11.0. The predicted molar refractivity (Wildman–Crippen MR) is 143 cm³/mol. The molecule has 7 nitrogen and oxygen atoms in total. The molecule has 0 bridgehead atoms. The summed E-state index contributed by atoms with van der Waals surface area (Å²) in [4.78, 5) is 18.9. The number of carbonyl (C=O) groups excluding carboxylic acids is 1. The van der Waals surface area contributed by atoms with E-state index in [1.165, 1.54) is 44.9 Å². The highest BCUT2D eigenvalue weighted by Gasteiger charge is 2.50. The van der Waals surface area contributed by atoms with Crippen LogP contribution >= 0.6 is 0 Å². The molecule has 36 heavy (non-hydrogen) atoms. The molecule has 4 saturated carbocycles. The molecule has 6 N–H and O–H groups in total. The summed E-state index contributed by atoms with van der Waals surface area (Å²) in [5.74, 6) is 3.65. The Balaban J connectivity index is 1.38. The summed E-state index contributed by atoms with van der Waals surface area (Å²) >= 11 is 0. The number of nitrogens with zero attached hydrogens (tertiary/aromatic N) is 2. The lowest BCUT2D eigenvalue weighted by Crippen LogP contribution is -2.55. The first-order valence-electron chi connectivity index (χ1n) is 15.2. The molecule has 7 heteroatoms. The van der Waals surface area contributed by atoms with Gasteiger partial charge in [-0.25, -0.2) is 0 Å². The van der Waals surface area contributed by atoms with Crippen molar-refractivity contribution < 1.29 is 9.90 Å². The summed E-state index contributed by atoms with van der Waals surface area (Å²) in [6.07, 6.45) is 17.3. The number of aliphatic hydroxyl groups excluding tert-OH is 1. The van der Waals surface area contributed by atoms with Crippen molar-refractivity contribution in [1.82, 2.24) is 9.80 Å². The first kappa shape index (κ1) is 26.4. The van der Waals surface area contributed by atoms with Crippen LogP contribution < -0.4 is 11.5 Å². The van der Waals surface area contributed by atoms with Gasteiger partial charge < -0.3 is 21.5 Å². The van der Waals surface area contributed by atoms with E-state index >= 15 is 0 Å². The summed E-state index contributed by atoms with van der Waals surface area (Å²) in [6.45, 7) is 1.49. The van der Waals surface area contributed by atoms with Crippen LogP contribution in [0, 0.1) is 35.0 Å². The van der Waals surface area contributed by atoms with Crippen molar-refractivity contribution in [2.45, 2.75) is 120 Å². The molecule has 204 valence electrons. The average molecular weight is 502 g/mol. The van der Waals surface area contributed by atoms with Crippen LogP contribution in [0.4, 0.5) is 0 Å². The van der Waals surface area contributed by atoms with Crippen LogP contribution in [0.15, 0.2) is 0 Å². The van der Waals surface area contributed by atoms with E-state index < -0.39 is 0 Å². The Morgan fingerprint density at radius 2 is 1.67 bits per heavy atom. The standard InChI is InChI=1S/C29H51N5O2/c30-23-10-12-24(13-11-23)33(14-15-35)29(36)27-16-20-8-9-21(28(31)32)17-26(20)34(27)18-22-6-3-5-19-4-1-2-7-25(19)22/h19-27,35H,1-18,30H2,(H3,31,32). The van der Waals surface area contributed by atoms with E-state index in [2.05, 4.69) is 4.90 Å². The number of amidine groups is 1. The van der Waals surface area contributed by atoms with Crippen molar-refractivity contribution in [3.8, 4) is 0 Å². The highest BCUT2D eigenvalue weighted by atomic mass is 16.3. The molecule has 5 fully saturated rings. The molecule has 0 aromatic heterocycles. The summed E-state index contributed by atoms with van der Waals surface area (Å²) in [5.41, 5.74) is 12.2. The minimum atomic E-state index is -0.0863. The Morgan fingerprint density at radius 3 is 2.42 bits per heavy atom. The minimum Gasteiger partial charge on any atom is -0.395 e. The number of amides is 1. The van der Waals surface area contributed by atoms with Crippen LogP contribution in [0.3, 0.4) is 0 Å². The number of carbonyl (C=O) groups is 1. The van der Waals surface area contributed by atoms with Gasteiger partial charge in [0.1, 0.15) is 0 Å². The van der Waals surface area contributed by atoms with Gasteiger partial charge in [-0.2, -0.15) is 0 Å². The van der Waals surface area contributed by atoms with Gasteiger partial charge in [0, 0.05) is 37.1 Å². The van der Waals surface area contributed by atoms with E-state index in [1.807, 2.05) is 4.90 Å². The van der Waals surface area contributed by atoms with Crippen molar-refractivity contribution in [3.63, 3.8) is 0 Å². The molecule has 1 saturated heterocycles. The zero-order valence-electron chi connectivity index (χ0n) is 22.3. The van der Waals surface area contributed by atoms with Gasteiger partial charge in [-0.15, -0.1) is 0 Å². The number of aliphatic hydroxyl groups is 1. The molecule has 5 aliphatic rings. The molecule has 1 aliphatic heterocycles. The third-order valence-corrected chi connectivity index (χ3v) is 11.0. The molecule has 1 amide bonds. The van der Waals surface area contributed by atoms with Crippen LogP contribution in [0.5, 0.6) is 0 Å². The molecule has 0 aromatic rings. The number of likely N-dealkylation sites (tertiary alicyclic amines) is 1. The van der Waals surface area contributed by atoms with Crippen molar-refractivity contribution in [3.05, 3.63) is 0 Å². The lowest BCUT2D eigenvalue weighted by atomic mass is 9.65. The van der Waals surface area contributed by atoms with Gasteiger partial charge in [-0.05, 0) is 87.9 Å². The van der Waals surface area contributed by atoms with Gasteiger partial charge >= 0.3 is 0 Å². The first-order valence-corrected chi connectivity index (χ1v) is 15.2. The zero-order valence-corrected chi connectivity index (χ0v) is 22.3. The van der Waals surface area contributed by atoms with Crippen LogP contribution in [0.1, 0.15) is 96.3 Å². The summed E-state index contributed by atoms with van der Waals surface area (Å²) in [5, 5.41) is 18.0. The SMILES string of the molecule is N=C(N)C1CCC2CC(C(=O)N(CCO)C3CCC(N)CC3)N(CC3CCCC4CCCCC43)C2C1. The number of fused-ring (bicyclic) bond motifs is 2. The van der Waals surface area contributed by atoms with Gasteiger partial charge in [0.15, 0.2) is 0 Å². The highest BCUT2D eigenvalue weighted by Crippen LogP contribution is 2.48. The topological polar surface area (TPSA) is 120 Å². The summed E-state index contributed by atoms with van der Waals surface area (Å²) in [6, 6.07) is 0.728. The Bertz CT molecular complexity index is 767. The van der Waals surface area contributed by atoms with E-state index in [4.69, 9.17) is 16.9 Å². The Kier molecular flexibility index (Phi) is 8.58. The van der Waals surface area contributed by atoms with Gasteiger partial charge in [0.2, 0.25) is 5.91 Å². The molecule has 7 unspecified atom stereocenters. The number of nitrogens with two attached hydrogens (primary N) is 2. The van der Waals surface area contributed by atoms with E-state index in [9.17, 15) is 9.90 Å². The van der Waals surface area contributed by atoms with Crippen LogP contribution in [0.2, 0.25) is 0 Å². The van der Waals surface area contributed by atoms with Crippen LogP contribution in [-0.2, 0) is 4.79 Å². The Hall–Kier alpha value is -1.18. The lowest BCUT2D eigenvalue weighted by Gasteiger charge is -2.46. The monoisotopic (exact) mass is 501 g/mol. The fraction of sp³-hybridized carbons (Fsp3) is 0.931. The third kappa shape index (κ3) is 5.49. The van der Waals surface area contributed by atoms with Crippen molar-refractivity contribution >= 4 is 11.7 Å². The molecular formula is C29H51N5O2. The smallest absolute Gasteiger partial charge is 0.240 e. The van der Waals surface area contributed by atoms with E-state index in [0.29, 0.717) is 30.3 Å². The maximum Gasteiger partial charge on any atom is 0.240 e. The molecule has 7 atom stereocenters. The van der Waals surface area contributed by atoms with Gasteiger partial charge in [-0.1, -0.05) is 32.1 Å². The molecule has 0 spiro atoms. The molecule has 4 aliphatic carbocycles. The normalized spacial score (nSPS) is 41.3. The second-order valence-electron chi connectivity index (χ2n) is 13.0. The zero-order chi connectivity index (χ0) is 25.2. The maximum atomic E-state index is 14.3. The van der Waals surface area contributed by atoms with Gasteiger partial charge in [0.05, 0.1) is 18.5 Å². The number of hydrogen-bond acceptors (Lipinski definition) is 5. The fourth-order valence-corrected chi connectivity index (χ4v) is 9.09. The van der Waals surface area contributed by atoms with E-state index in [0.717, 1.165) is 69.7 Å². The quantitative estimate of drug-likeness (QED) is 0.314. The fourth-order valence-electron chi connectivity index (χ4n) is 9.09. The van der Waals surface area contributed by atoms with E-state index in [1.54, 1.807) is 0 Å². The first-order chi connectivity index (χ1) is 17.5. The van der Waals surface area contributed by atoms with Crippen molar-refractivity contribution in [2.75, 3.05) is 19.7 Å². The second-order valence-corrected chi connectivity index (χ2v) is 13.0. The summed E-state index contributed by atoms with van der Waals surface area (Å²) in [7, 11) is 0. The van der Waals surface area contributed by atoms with Gasteiger partial charge in [0.25, 0.3) is 0 Å².